The second-order valence-electron chi connectivity index (χ2n) is 3.83. The van der Waals surface area contributed by atoms with Crippen LogP contribution in [-0.2, 0) is 0 Å². The molecule has 0 spiro atoms. The van der Waals surface area contributed by atoms with Gasteiger partial charge in [0.2, 0.25) is 17.2 Å². The first-order valence-electron chi connectivity index (χ1n) is 5.67. The highest BCUT2D eigenvalue weighted by Gasteiger charge is 2.08. The molecule has 0 amide bonds. The van der Waals surface area contributed by atoms with Gasteiger partial charge in [-0.2, -0.15) is 15.0 Å². The van der Waals surface area contributed by atoms with Gasteiger partial charge in [0.05, 0.1) is 0 Å². The number of nitrogens with zero attached hydrogens (tertiary/aromatic N) is 3. The van der Waals surface area contributed by atoms with Crippen LogP contribution in [-0.4, -0.2) is 33.2 Å². The Kier molecular flexibility index (Phi) is 5.93. The van der Waals surface area contributed by atoms with E-state index >= 15 is 0 Å². The highest BCUT2D eigenvalue weighted by molar-refractivity contribution is 6.28. The van der Waals surface area contributed by atoms with Gasteiger partial charge in [-0.3, -0.25) is 0 Å². The monoisotopic (exact) mass is 259 g/mol. The fraction of sp³-hybridized carbons (Fsp3) is 0.700. The van der Waals surface area contributed by atoms with Gasteiger partial charge in [-0.05, 0) is 30.4 Å². The Bertz CT molecular complexity index is 323. The number of nitrogen functional groups attached to an aromatic ring is 1. The normalized spacial score (nSPS) is 12.4. The number of aliphatic hydroxyl groups excluding tert-OH is 1. The lowest BCUT2D eigenvalue weighted by Gasteiger charge is -2.15. The second-order valence-corrected chi connectivity index (χ2v) is 4.17. The molecule has 0 bridgehead atoms. The Morgan fingerprint density at radius 1 is 1.35 bits per heavy atom. The minimum Gasteiger partial charge on any atom is -0.396 e. The van der Waals surface area contributed by atoms with Crippen LogP contribution in [0.15, 0.2) is 0 Å². The molecule has 0 saturated heterocycles. The van der Waals surface area contributed by atoms with Crippen molar-refractivity contribution in [3.8, 4) is 0 Å². The highest BCUT2D eigenvalue weighted by atomic mass is 35.5. The smallest absolute Gasteiger partial charge is 0.228 e. The summed E-state index contributed by atoms with van der Waals surface area (Å²) in [6, 6.07) is 0. The van der Waals surface area contributed by atoms with Crippen molar-refractivity contribution in [1.82, 2.24) is 15.0 Å². The Balaban J connectivity index is 2.52. The summed E-state index contributed by atoms with van der Waals surface area (Å²) in [6.07, 6.45) is 2.88. The molecule has 0 fully saturated rings. The van der Waals surface area contributed by atoms with E-state index in [-0.39, 0.29) is 17.8 Å². The Hall–Kier alpha value is -1.14. The van der Waals surface area contributed by atoms with E-state index in [2.05, 4.69) is 27.2 Å². The molecule has 17 heavy (non-hydrogen) atoms. The van der Waals surface area contributed by atoms with Gasteiger partial charge in [-0.15, -0.1) is 0 Å². The van der Waals surface area contributed by atoms with Crippen LogP contribution in [0.2, 0.25) is 5.28 Å². The van der Waals surface area contributed by atoms with Crippen LogP contribution in [0.1, 0.15) is 26.2 Å². The van der Waals surface area contributed by atoms with Crippen molar-refractivity contribution < 1.29 is 5.11 Å². The van der Waals surface area contributed by atoms with Gasteiger partial charge in [0, 0.05) is 13.2 Å². The Morgan fingerprint density at radius 2 is 2.12 bits per heavy atom. The summed E-state index contributed by atoms with van der Waals surface area (Å²) in [5.74, 6) is 0.866. The van der Waals surface area contributed by atoms with E-state index in [9.17, 15) is 0 Å². The first-order chi connectivity index (χ1) is 8.15. The van der Waals surface area contributed by atoms with Crippen LogP contribution in [0.5, 0.6) is 0 Å². The van der Waals surface area contributed by atoms with Gasteiger partial charge in [0.25, 0.3) is 0 Å². The molecule has 7 heteroatoms. The number of aliphatic hydroxyl groups is 1. The number of hydrogen-bond acceptors (Lipinski definition) is 6. The van der Waals surface area contributed by atoms with Crippen LogP contribution < -0.4 is 11.1 Å². The van der Waals surface area contributed by atoms with E-state index < -0.39 is 0 Å². The lowest BCUT2D eigenvalue weighted by molar-refractivity contribution is 0.255. The lowest BCUT2D eigenvalue weighted by atomic mass is 10.0. The first kappa shape index (κ1) is 13.9. The zero-order chi connectivity index (χ0) is 12.7. The number of nitrogens with two attached hydrogens (primary N) is 1. The molecule has 1 rings (SSSR count). The lowest BCUT2D eigenvalue weighted by Crippen LogP contribution is -2.17. The van der Waals surface area contributed by atoms with Crippen molar-refractivity contribution in [2.24, 2.45) is 5.92 Å². The van der Waals surface area contributed by atoms with Gasteiger partial charge in [-0.1, -0.05) is 13.3 Å². The highest BCUT2D eigenvalue weighted by Crippen LogP contribution is 2.13. The maximum absolute atomic E-state index is 8.94. The predicted molar refractivity (Wildman–Crippen MR) is 67.8 cm³/mol. The zero-order valence-corrected chi connectivity index (χ0v) is 10.6. The molecular formula is C10H18ClN5O. The summed E-state index contributed by atoms with van der Waals surface area (Å²) in [6.45, 7) is 2.99. The standard InChI is InChI=1S/C10H18ClN5O/c1-2-3-7(4-5-17)6-13-10-15-8(11)14-9(12)16-10/h7,17H,2-6H2,1H3,(H3,12,13,14,15,16). The third kappa shape index (κ3) is 5.14. The van der Waals surface area contributed by atoms with Crippen molar-refractivity contribution in [2.75, 3.05) is 24.2 Å². The van der Waals surface area contributed by atoms with Crippen LogP contribution in [0.25, 0.3) is 0 Å². The molecule has 0 aliphatic heterocycles. The molecule has 1 unspecified atom stereocenters. The molecule has 0 radical (unpaired) electrons. The number of halogens is 1. The van der Waals surface area contributed by atoms with Gasteiger partial charge in [-0.25, -0.2) is 0 Å². The SMILES string of the molecule is CCCC(CCO)CNc1nc(N)nc(Cl)n1. The van der Waals surface area contributed by atoms with Gasteiger partial charge in [0.1, 0.15) is 0 Å². The maximum atomic E-state index is 8.94. The zero-order valence-electron chi connectivity index (χ0n) is 9.86. The van der Waals surface area contributed by atoms with Crippen molar-refractivity contribution in [1.29, 1.82) is 0 Å². The van der Waals surface area contributed by atoms with Crippen molar-refractivity contribution >= 4 is 23.5 Å². The molecule has 6 nitrogen and oxygen atoms in total. The summed E-state index contributed by atoms with van der Waals surface area (Å²) >= 11 is 5.67. The summed E-state index contributed by atoms with van der Waals surface area (Å²) < 4.78 is 0. The molecule has 1 heterocycles. The minimum atomic E-state index is 0.0780. The summed E-state index contributed by atoms with van der Waals surface area (Å²) in [5, 5.41) is 12.1. The Morgan fingerprint density at radius 3 is 2.71 bits per heavy atom. The number of rotatable bonds is 7. The minimum absolute atomic E-state index is 0.0780. The third-order valence-corrected chi connectivity index (χ3v) is 2.58. The summed E-state index contributed by atoms with van der Waals surface area (Å²) in [7, 11) is 0. The van der Waals surface area contributed by atoms with Gasteiger partial charge >= 0.3 is 0 Å². The van der Waals surface area contributed by atoms with Gasteiger partial charge < -0.3 is 16.2 Å². The molecule has 1 aromatic rings. The van der Waals surface area contributed by atoms with E-state index in [4.69, 9.17) is 22.4 Å². The average molecular weight is 260 g/mol. The van der Waals surface area contributed by atoms with E-state index in [0.29, 0.717) is 18.4 Å². The van der Waals surface area contributed by atoms with Crippen LogP contribution in [0.4, 0.5) is 11.9 Å². The molecule has 0 aliphatic carbocycles. The third-order valence-electron chi connectivity index (χ3n) is 2.41. The molecule has 1 aromatic heterocycles. The van der Waals surface area contributed by atoms with E-state index in [0.717, 1.165) is 19.3 Å². The summed E-state index contributed by atoms with van der Waals surface area (Å²) in [5.41, 5.74) is 5.46. The van der Waals surface area contributed by atoms with Crippen LogP contribution >= 0.6 is 11.6 Å². The van der Waals surface area contributed by atoms with E-state index in [1.165, 1.54) is 0 Å². The Labute approximate surface area is 106 Å². The van der Waals surface area contributed by atoms with Crippen LogP contribution in [0, 0.1) is 5.92 Å². The average Bonchev–Trinajstić information content (AvgIpc) is 2.25. The van der Waals surface area contributed by atoms with Crippen LogP contribution in [0.3, 0.4) is 0 Å². The van der Waals surface area contributed by atoms with Crippen molar-refractivity contribution in [3.05, 3.63) is 5.28 Å². The predicted octanol–water partition coefficient (Wildman–Crippen LogP) is 1.32. The fourth-order valence-electron chi connectivity index (χ4n) is 1.62. The number of aromatic nitrogens is 3. The van der Waals surface area contributed by atoms with E-state index in [1.807, 2.05) is 0 Å². The quantitative estimate of drug-likeness (QED) is 0.683. The molecule has 4 N–H and O–H groups in total. The number of anilines is 2. The topological polar surface area (TPSA) is 97.0 Å². The van der Waals surface area contributed by atoms with Gasteiger partial charge in [0.15, 0.2) is 0 Å². The first-order valence-corrected chi connectivity index (χ1v) is 6.05. The number of nitrogens with one attached hydrogen (secondary N) is 1. The molecule has 0 aromatic carbocycles. The molecule has 0 aliphatic rings. The van der Waals surface area contributed by atoms with E-state index in [1.54, 1.807) is 0 Å². The molecular weight excluding hydrogens is 242 g/mol. The maximum Gasteiger partial charge on any atom is 0.228 e. The molecule has 96 valence electrons. The molecule has 0 saturated carbocycles. The number of hydrogen-bond donors (Lipinski definition) is 3. The van der Waals surface area contributed by atoms with Crippen molar-refractivity contribution in [3.63, 3.8) is 0 Å². The fourth-order valence-corrected chi connectivity index (χ4v) is 1.79. The molecule has 1 atom stereocenters. The summed E-state index contributed by atoms with van der Waals surface area (Å²) in [4.78, 5) is 11.5. The largest absolute Gasteiger partial charge is 0.396 e. The van der Waals surface area contributed by atoms with Crippen molar-refractivity contribution in [2.45, 2.75) is 26.2 Å². The second kappa shape index (κ2) is 7.24.